The smallest absolute Gasteiger partial charge is 0.416 e. The van der Waals surface area contributed by atoms with Gasteiger partial charge in [-0.1, -0.05) is 25.1 Å². The van der Waals surface area contributed by atoms with E-state index in [0.29, 0.717) is 29.3 Å². The van der Waals surface area contributed by atoms with Gasteiger partial charge < -0.3 is 15.0 Å². The minimum atomic E-state index is -4.44. The Morgan fingerprint density at radius 2 is 1.87 bits per heavy atom. The highest BCUT2D eigenvalue weighted by Gasteiger charge is 2.30. The van der Waals surface area contributed by atoms with Crippen molar-refractivity contribution >= 4 is 29.3 Å². The summed E-state index contributed by atoms with van der Waals surface area (Å²) in [6.45, 7) is 2.08. The first kappa shape index (κ1) is 23.6. The third-order valence-corrected chi connectivity index (χ3v) is 5.06. The molecule has 2 aromatic rings. The molecule has 0 heterocycles. The van der Waals surface area contributed by atoms with Crippen LogP contribution in [0, 0.1) is 0 Å². The molecule has 2 rings (SSSR count). The summed E-state index contributed by atoms with van der Waals surface area (Å²) in [5, 5.41) is 2.71. The second-order valence-electron chi connectivity index (χ2n) is 6.38. The number of ether oxygens (including phenoxy) is 1. The van der Waals surface area contributed by atoms with E-state index in [0.717, 1.165) is 23.9 Å². The number of rotatable bonds is 9. The van der Waals surface area contributed by atoms with E-state index in [1.807, 2.05) is 6.92 Å². The van der Waals surface area contributed by atoms with E-state index < -0.39 is 11.7 Å². The molecule has 0 aliphatic rings. The third kappa shape index (κ3) is 6.98. The van der Waals surface area contributed by atoms with E-state index in [9.17, 15) is 22.8 Å². The van der Waals surface area contributed by atoms with Gasteiger partial charge in [0.2, 0.25) is 11.8 Å². The highest BCUT2D eigenvalue weighted by Crippen LogP contribution is 2.32. The van der Waals surface area contributed by atoms with Gasteiger partial charge in [-0.2, -0.15) is 13.2 Å². The lowest BCUT2D eigenvalue weighted by atomic mass is 10.2. The maximum atomic E-state index is 12.8. The number of carbonyl (C=O) groups is 2. The maximum absolute atomic E-state index is 12.8. The molecule has 0 aromatic heterocycles. The molecule has 0 radical (unpaired) electrons. The van der Waals surface area contributed by atoms with Crippen molar-refractivity contribution in [3.63, 3.8) is 0 Å². The van der Waals surface area contributed by atoms with Crippen molar-refractivity contribution in [2.24, 2.45) is 0 Å². The molecule has 2 aromatic carbocycles. The average Bonchev–Trinajstić information content (AvgIpc) is 2.71. The number of anilines is 1. The summed E-state index contributed by atoms with van der Waals surface area (Å²) in [5.41, 5.74) is -0.270. The number of thioether (sulfide) groups is 1. The topological polar surface area (TPSA) is 58.6 Å². The van der Waals surface area contributed by atoms with Crippen molar-refractivity contribution in [2.75, 3.05) is 31.3 Å². The molecule has 0 unspecified atom stereocenters. The van der Waals surface area contributed by atoms with Gasteiger partial charge >= 0.3 is 6.18 Å². The number of para-hydroxylation sites is 2. The summed E-state index contributed by atoms with van der Waals surface area (Å²) >= 11 is 1.01. The monoisotopic (exact) mass is 440 g/mol. The number of nitrogens with zero attached hydrogens (tertiary/aromatic N) is 1. The first-order valence-electron chi connectivity index (χ1n) is 9.25. The van der Waals surface area contributed by atoms with Crippen LogP contribution in [0.4, 0.5) is 18.9 Å². The Hall–Kier alpha value is -2.68. The molecular weight excluding hydrogens is 417 g/mol. The van der Waals surface area contributed by atoms with Crippen molar-refractivity contribution in [1.82, 2.24) is 4.90 Å². The zero-order valence-corrected chi connectivity index (χ0v) is 17.5. The van der Waals surface area contributed by atoms with Gasteiger partial charge in [0, 0.05) is 11.4 Å². The van der Waals surface area contributed by atoms with Crippen molar-refractivity contribution in [3.05, 3.63) is 54.1 Å². The van der Waals surface area contributed by atoms with E-state index in [2.05, 4.69) is 5.32 Å². The van der Waals surface area contributed by atoms with Gasteiger partial charge in [0.25, 0.3) is 0 Å². The molecule has 0 atom stereocenters. The van der Waals surface area contributed by atoms with Crippen LogP contribution in [0.15, 0.2) is 53.4 Å². The lowest BCUT2D eigenvalue weighted by Gasteiger charge is -2.22. The first-order valence-corrected chi connectivity index (χ1v) is 10.2. The fourth-order valence-corrected chi connectivity index (χ4v) is 3.53. The highest BCUT2D eigenvalue weighted by atomic mass is 32.2. The summed E-state index contributed by atoms with van der Waals surface area (Å²) in [6, 6.07) is 11.7. The number of amides is 2. The molecule has 0 saturated carbocycles. The van der Waals surface area contributed by atoms with Gasteiger partial charge in [-0.25, -0.2) is 0 Å². The largest absolute Gasteiger partial charge is 0.495 e. The molecule has 0 aliphatic heterocycles. The van der Waals surface area contributed by atoms with Gasteiger partial charge in [-0.3, -0.25) is 9.59 Å². The lowest BCUT2D eigenvalue weighted by molar-refractivity contribution is -0.137. The average molecular weight is 440 g/mol. The van der Waals surface area contributed by atoms with Gasteiger partial charge in [0.05, 0.1) is 30.7 Å². The van der Waals surface area contributed by atoms with Crippen LogP contribution in [0.5, 0.6) is 5.75 Å². The Labute approximate surface area is 177 Å². The summed E-state index contributed by atoms with van der Waals surface area (Å²) in [7, 11) is 1.49. The number of hydrogen-bond acceptors (Lipinski definition) is 4. The molecule has 162 valence electrons. The molecule has 0 saturated heterocycles. The molecule has 5 nitrogen and oxygen atoms in total. The minimum Gasteiger partial charge on any atom is -0.495 e. The molecule has 0 fully saturated rings. The molecular formula is C21H23F3N2O3S. The normalized spacial score (nSPS) is 11.1. The van der Waals surface area contributed by atoms with Crippen LogP contribution in [0.3, 0.4) is 0 Å². The lowest BCUT2D eigenvalue weighted by Crippen LogP contribution is -2.39. The number of methoxy groups -OCH3 is 1. The zero-order chi connectivity index (χ0) is 22.1. The van der Waals surface area contributed by atoms with Crippen molar-refractivity contribution in [2.45, 2.75) is 24.4 Å². The fourth-order valence-electron chi connectivity index (χ4n) is 2.67. The number of hydrogen-bond donors (Lipinski definition) is 1. The number of nitrogens with one attached hydrogen (secondary N) is 1. The second kappa shape index (κ2) is 10.9. The molecule has 0 spiro atoms. The van der Waals surface area contributed by atoms with Crippen LogP contribution < -0.4 is 10.1 Å². The quantitative estimate of drug-likeness (QED) is 0.575. The Balaban J connectivity index is 1.98. The highest BCUT2D eigenvalue weighted by molar-refractivity contribution is 8.00. The SMILES string of the molecule is CCCN(CC(=O)Nc1ccccc1OC)C(=O)CSc1cccc(C(F)(F)F)c1. The molecule has 30 heavy (non-hydrogen) atoms. The number of alkyl halides is 3. The number of carbonyl (C=O) groups excluding carboxylic acids is 2. The van der Waals surface area contributed by atoms with Gasteiger partial charge in [0.1, 0.15) is 5.75 Å². The Morgan fingerprint density at radius 3 is 2.53 bits per heavy atom. The summed E-state index contributed by atoms with van der Waals surface area (Å²) in [4.78, 5) is 26.7. The van der Waals surface area contributed by atoms with E-state index in [1.54, 1.807) is 24.3 Å². The van der Waals surface area contributed by atoms with Crippen molar-refractivity contribution in [3.8, 4) is 5.75 Å². The second-order valence-corrected chi connectivity index (χ2v) is 7.43. The zero-order valence-electron chi connectivity index (χ0n) is 16.7. The van der Waals surface area contributed by atoms with E-state index in [4.69, 9.17) is 4.74 Å². The predicted molar refractivity (Wildman–Crippen MR) is 111 cm³/mol. The third-order valence-electron chi connectivity index (χ3n) is 4.09. The van der Waals surface area contributed by atoms with Crippen LogP contribution in [0.1, 0.15) is 18.9 Å². The first-order chi connectivity index (χ1) is 14.2. The van der Waals surface area contributed by atoms with Crippen LogP contribution in [0.2, 0.25) is 0 Å². The van der Waals surface area contributed by atoms with Crippen LogP contribution in [-0.4, -0.2) is 42.7 Å². The van der Waals surface area contributed by atoms with Crippen LogP contribution in [0.25, 0.3) is 0 Å². The number of benzene rings is 2. The Kier molecular flexibility index (Phi) is 8.58. The summed E-state index contributed by atoms with van der Waals surface area (Å²) < 4.78 is 43.7. The van der Waals surface area contributed by atoms with E-state index in [-0.39, 0.29) is 24.1 Å². The molecule has 2 amide bonds. The fraction of sp³-hybridized carbons (Fsp3) is 0.333. The Morgan fingerprint density at radius 1 is 1.13 bits per heavy atom. The van der Waals surface area contributed by atoms with Gasteiger partial charge in [-0.05, 0) is 36.8 Å². The van der Waals surface area contributed by atoms with Crippen LogP contribution in [-0.2, 0) is 15.8 Å². The predicted octanol–water partition coefficient (Wildman–Crippen LogP) is 4.68. The molecule has 1 N–H and O–H groups in total. The van der Waals surface area contributed by atoms with Gasteiger partial charge in [0.15, 0.2) is 0 Å². The summed E-state index contributed by atoms with van der Waals surface area (Å²) in [5.74, 6) is -0.275. The minimum absolute atomic E-state index is 0.0662. The van der Waals surface area contributed by atoms with Crippen molar-refractivity contribution in [1.29, 1.82) is 0 Å². The molecule has 0 aliphatic carbocycles. The van der Waals surface area contributed by atoms with E-state index in [1.165, 1.54) is 24.1 Å². The van der Waals surface area contributed by atoms with Gasteiger partial charge in [-0.15, -0.1) is 11.8 Å². The summed E-state index contributed by atoms with van der Waals surface area (Å²) in [6.07, 6.45) is -3.80. The Bertz CT molecular complexity index is 875. The molecule has 0 bridgehead atoms. The van der Waals surface area contributed by atoms with Crippen molar-refractivity contribution < 1.29 is 27.5 Å². The van der Waals surface area contributed by atoms with E-state index >= 15 is 0 Å². The van der Waals surface area contributed by atoms with Crippen LogP contribution >= 0.6 is 11.8 Å². The standard InChI is InChI=1S/C21H23F3N2O3S/c1-3-11-26(13-19(27)25-17-9-4-5-10-18(17)29-2)20(28)14-30-16-8-6-7-15(12-16)21(22,23)24/h4-10,12H,3,11,13-14H2,1-2H3,(H,25,27). The number of halogens is 3. The molecule has 9 heteroatoms. The maximum Gasteiger partial charge on any atom is 0.416 e.